The zero-order valence-corrected chi connectivity index (χ0v) is 12.2. The van der Waals surface area contributed by atoms with Gasteiger partial charge in [0.2, 0.25) is 0 Å². The number of carbonyl (C=O) groups is 1. The molecule has 0 aromatic heterocycles. The van der Waals surface area contributed by atoms with Crippen molar-refractivity contribution in [2.75, 3.05) is 0 Å². The number of aromatic hydroxyl groups is 1. The molecule has 0 atom stereocenters. The molecular weight excluding hydrogens is 278 g/mol. The van der Waals surface area contributed by atoms with E-state index in [1.165, 1.54) is 0 Å². The Morgan fingerprint density at radius 2 is 1.86 bits per heavy atom. The molecule has 0 spiro atoms. The van der Waals surface area contributed by atoms with Crippen LogP contribution in [0.15, 0.2) is 59.1 Å². The van der Waals surface area contributed by atoms with Gasteiger partial charge in [0, 0.05) is 5.57 Å². The van der Waals surface area contributed by atoms with Crippen LogP contribution in [0.3, 0.4) is 0 Å². The third kappa shape index (κ3) is 3.73. The molecule has 0 bridgehead atoms. The number of phenols is 1. The molecule has 0 fully saturated rings. The van der Waals surface area contributed by atoms with Crippen molar-refractivity contribution in [2.45, 2.75) is 6.92 Å². The van der Waals surface area contributed by atoms with E-state index >= 15 is 0 Å². The Hall–Kier alpha value is -3.08. The van der Waals surface area contributed by atoms with Crippen LogP contribution in [0.4, 0.5) is 0 Å². The Balaban J connectivity index is 2.45. The number of nitrogens with zero attached hydrogens (tertiary/aromatic N) is 1. The van der Waals surface area contributed by atoms with Crippen molar-refractivity contribution in [1.29, 1.82) is 0 Å². The molecule has 0 saturated carbocycles. The lowest BCUT2D eigenvalue weighted by molar-refractivity contribution is -0.114. The monoisotopic (exact) mass is 295 g/mol. The van der Waals surface area contributed by atoms with E-state index in [1.807, 2.05) is 30.3 Å². The first-order valence-corrected chi connectivity index (χ1v) is 6.68. The summed E-state index contributed by atoms with van der Waals surface area (Å²) >= 11 is 0. The first kappa shape index (κ1) is 15.3. The van der Waals surface area contributed by atoms with Crippen LogP contribution in [0.2, 0.25) is 0 Å². The van der Waals surface area contributed by atoms with Gasteiger partial charge in [0.05, 0.1) is 0 Å². The lowest BCUT2D eigenvalue weighted by Gasteiger charge is -2.07. The van der Waals surface area contributed by atoms with E-state index < -0.39 is 5.91 Å². The van der Waals surface area contributed by atoms with Crippen LogP contribution in [0.25, 0.3) is 17.2 Å². The highest BCUT2D eigenvalue weighted by Gasteiger charge is 2.07. The Bertz CT molecular complexity index is 760. The molecule has 0 aliphatic rings. The Morgan fingerprint density at radius 3 is 2.55 bits per heavy atom. The number of phenolic OH excluding ortho intramolecular Hbond substituents is 1. The van der Waals surface area contributed by atoms with Gasteiger partial charge >= 0.3 is 0 Å². The highest BCUT2D eigenvalue weighted by Crippen LogP contribution is 2.28. The molecule has 0 radical (unpaired) electrons. The molecule has 5 N–H and O–H groups in total. The normalized spacial score (nSPS) is 11.0. The number of hydrogen-bond donors (Lipinski definition) is 3. The molecule has 0 aliphatic heterocycles. The SMILES string of the molecule is C/C(=C\c1ccccc1-c1cccc(O)c1)C(=O)N=C(N)N. The maximum Gasteiger partial charge on any atom is 0.275 e. The van der Waals surface area contributed by atoms with Crippen LogP contribution in [0.5, 0.6) is 5.75 Å². The minimum Gasteiger partial charge on any atom is -0.508 e. The van der Waals surface area contributed by atoms with Crippen molar-refractivity contribution in [3.63, 3.8) is 0 Å². The fourth-order valence-corrected chi connectivity index (χ4v) is 2.06. The van der Waals surface area contributed by atoms with Crippen molar-refractivity contribution in [3.8, 4) is 16.9 Å². The predicted molar refractivity (Wildman–Crippen MR) is 88.0 cm³/mol. The minimum absolute atomic E-state index is 0.185. The lowest BCUT2D eigenvalue weighted by Crippen LogP contribution is -2.24. The van der Waals surface area contributed by atoms with Gasteiger partial charge in [-0.15, -0.1) is 0 Å². The summed E-state index contributed by atoms with van der Waals surface area (Å²) in [7, 11) is 0. The molecule has 112 valence electrons. The van der Waals surface area contributed by atoms with Crippen molar-refractivity contribution < 1.29 is 9.90 Å². The van der Waals surface area contributed by atoms with Crippen molar-refractivity contribution in [2.24, 2.45) is 16.5 Å². The van der Waals surface area contributed by atoms with E-state index in [2.05, 4.69) is 4.99 Å². The maximum atomic E-state index is 11.8. The van der Waals surface area contributed by atoms with Crippen molar-refractivity contribution >= 4 is 17.9 Å². The van der Waals surface area contributed by atoms with Gasteiger partial charge in [0.15, 0.2) is 5.96 Å². The highest BCUT2D eigenvalue weighted by atomic mass is 16.3. The number of rotatable bonds is 3. The minimum atomic E-state index is -0.481. The van der Waals surface area contributed by atoms with E-state index in [4.69, 9.17) is 11.5 Å². The number of carbonyl (C=O) groups excluding carboxylic acids is 1. The topological polar surface area (TPSA) is 102 Å². The lowest BCUT2D eigenvalue weighted by atomic mass is 9.98. The second-order valence-electron chi connectivity index (χ2n) is 4.81. The summed E-state index contributed by atoms with van der Waals surface area (Å²) in [6.07, 6.45) is 1.72. The van der Waals surface area contributed by atoms with E-state index in [0.29, 0.717) is 5.57 Å². The molecule has 5 nitrogen and oxygen atoms in total. The summed E-state index contributed by atoms with van der Waals surface area (Å²) in [4.78, 5) is 15.3. The number of hydrogen-bond acceptors (Lipinski definition) is 2. The third-order valence-corrected chi connectivity index (χ3v) is 3.06. The van der Waals surface area contributed by atoms with Gasteiger partial charge in [-0.05, 0) is 41.8 Å². The zero-order chi connectivity index (χ0) is 16.1. The van der Waals surface area contributed by atoms with E-state index in [-0.39, 0.29) is 11.7 Å². The van der Waals surface area contributed by atoms with Gasteiger partial charge < -0.3 is 16.6 Å². The second-order valence-corrected chi connectivity index (χ2v) is 4.81. The maximum absolute atomic E-state index is 11.8. The van der Waals surface area contributed by atoms with Crippen LogP contribution in [-0.4, -0.2) is 17.0 Å². The Kier molecular flexibility index (Phi) is 4.58. The molecule has 1 amide bonds. The molecule has 22 heavy (non-hydrogen) atoms. The first-order chi connectivity index (χ1) is 10.5. The average molecular weight is 295 g/mol. The molecule has 0 saturated heterocycles. The van der Waals surface area contributed by atoms with Crippen molar-refractivity contribution in [3.05, 3.63) is 59.7 Å². The summed E-state index contributed by atoms with van der Waals surface area (Å²) in [5, 5.41) is 9.62. The van der Waals surface area contributed by atoms with Crippen LogP contribution in [-0.2, 0) is 4.79 Å². The molecule has 0 heterocycles. The van der Waals surface area contributed by atoms with E-state index in [9.17, 15) is 9.90 Å². The first-order valence-electron chi connectivity index (χ1n) is 6.68. The number of amides is 1. The Labute approximate surface area is 128 Å². The molecule has 2 aromatic rings. The summed E-state index contributed by atoms with van der Waals surface area (Å²) in [5.74, 6) is -0.561. The van der Waals surface area contributed by atoms with E-state index in [0.717, 1.165) is 16.7 Å². The van der Waals surface area contributed by atoms with Gasteiger partial charge in [-0.25, -0.2) is 0 Å². The number of benzene rings is 2. The van der Waals surface area contributed by atoms with Gasteiger partial charge in [-0.1, -0.05) is 36.4 Å². The quantitative estimate of drug-likeness (QED) is 0.459. The number of aliphatic imine (C=N–C) groups is 1. The van der Waals surface area contributed by atoms with Gasteiger partial charge in [-0.3, -0.25) is 4.79 Å². The largest absolute Gasteiger partial charge is 0.508 e. The van der Waals surface area contributed by atoms with E-state index in [1.54, 1.807) is 31.2 Å². The fraction of sp³-hybridized carbons (Fsp3) is 0.0588. The smallest absolute Gasteiger partial charge is 0.275 e. The molecule has 2 rings (SSSR count). The summed E-state index contributed by atoms with van der Waals surface area (Å²) in [6.45, 7) is 1.65. The number of nitrogens with two attached hydrogens (primary N) is 2. The second kappa shape index (κ2) is 6.58. The van der Waals surface area contributed by atoms with Crippen LogP contribution in [0, 0.1) is 0 Å². The summed E-state index contributed by atoms with van der Waals surface area (Å²) in [6, 6.07) is 14.5. The molecule has 0 aliphatic carbocycles. The molecule has 5 heteroatoms. The molecular formula is C17H17N3O2. The van der Waals surface area contributed by atoms with Crippen LogP contribution >= 0.6 is 0 Å². The van der Waals surface area contributed by atoms with Gasteiger partial charge in [-0.2, -0.15) is 4.99 Å². The number of guanidine groups is 1. The predicted octanol–water partition coefficient (Wildman–Crippen LogP) is 2.26. The van der Waals surface area contributed by atoms with Crippen molar-refractivity contribution in [1.82, 2.24) is 0 Å². The van der Waals surface area contributed by atoms with Gasteiger partial charge in [0.25, 0.3) is 5.91 Å². The standard InChI is InChI=1S/C17H17N3O2/c1-11(16(22)20-17(18)19)9-12-5-2-3-8-15(12)13-6-4-7-14(21)10-13/h2-10,21H,1H3,(H4,18,19,20,22)/b11-9+. The average Bonchev–Trinajstić information content (AvgIpc) is 2.47. The highest BCUT2D eigenvalue weighted by molar-refractivity contribution is 6.04. The zero-order valence-electron chi connectivity index (χ0n) is 12.2. The Morgan fingerprint density at radius 1 is 1.14 bits per heavy atom. The summed E-state index contributed by atoms with van der Waals surface area (Å²) < 4.78 is 0. The molecule has 0 unspecified atom stereocenters. The third-order valence-electron chi connectivity index (χ3n) is 3.06. The van der Waals surface area contributed by atoms with Gasteiger partial charge in [0.1, 0.15) is 5.75 Å². The fourth-order valence-electron chi connectivity index (χ4n) is 2.06. The van der Waals surface area contributed by atoms with Crippen LogP contribution in [0.1, 0.15) is 12.5 Å². The molecule has 2 aromatic carbocycles. The van der Waals surface area contributed by atoms with Crippen LogP contribution < -0.4 is 11.5 Å². The summed E-state index contributed by atoms with van der Waals surface area (Å²) in [5.41, 5.74) is 13.4.